The van der Waals surface area contributed by atoms with Gasteiger partial charge in [-0.2, -0.15) is 0 Å². The predicted molar refractivity (Wildman–Crippen MR) is 93.7 cm³/mol. The lowest BCUT2D eigenvalue weighted by Gasteiger charge is -2.32. The molecule has 2 aromatic rings. The van der Waals surface area contributed by atoms with E-state index in [9.17, 15) is 0 Å². The van der Waals surface area contributed by atoms with E-state index in [4.69, 9.17) is 4.98 Å². The Morgan fingerprint density at radius 3 is 2.82 bits per heavy atom. The zero-order valence-corrected chi connectivity index (χ0v) is 13.6. The molecule has 3 nitrogen and oxygen atoms in total. The number of hydrogen-bond donors (Lipinski definition) is 1. The summed E-state index contributed by atoms with van der Waals surface area (Å²) < 4.78 is 0. The van der Waals surface area contributed by atoms with Gasteiger partial charge in [-0.05, 0) is 44.6 Å². The normalized spacial score (nSPS) is 22.1. The predicted octanol–water partition coefficient (Wildman–Crippen LogP) is 4.35. The molecule has 1 unspecified atom stereocenters. The first kappa shape index (κ1) is 13.9. The highest BCUT2D eigenvalue weighted by atomic mass is 15.2. The molecule has 1 aromatic carbocycles. The third kappa shape index (κ3) is 2.65. The molecule has 1 aliphatic heterocycles. The van der Waals surface area contributed by atoms with Crippen molar-refractivity contribution in [2.24, 2.45) is 5.92 Å². The van der Waals surface area contributed by atoms with Gasteiger partial charge in [-0.1, -0.05) is 24.6 Å². The number of fused-ring (bicyclic) bond motifs is 1. The maximum atomic E-state index is 4.84. The van der Waals surface area contributed by atoms with E-state index < -0.39 is 0 Å². The Labute approximate surface area is 132 Å². The Balaban J connectivity index is 1.78. The Hall–Kier alpha value is -1.77. The summed E-state index contributed by atoms with van der Waals surface area (Å²) in [7, 11) is 0. The number of anilines is 2. The molecule has 1 atom stereocenters. The molecule has 0 radical (unpaired) electrons. The summed E-state index contributed by atoms with van der Waals surface area (Å²) in [6.45, 7) is 6.78. The second-order valence-electron chi connectivity index (χ2n) is 7.16. The first-order valence-corrected chi connectivity index (χ1v) is 8.61. The fourth-order valence-corrected chi connectivity index (χ4v) is 3.54. The lowest BCUT2D eigenvalue weighted by atomic mass is 9.99. The second kappa shape index (κ2) is 5.45. The monoisotopic (exact) mass is 295 g/mol. The molecule has 1 aliphatic carbocycles. The van der Waals surface area contributed by atoms with Crippen LogP contribution in [0.3, 0.4) is 0 Å². The highest BCUT2D eigenvalue weighted by Gasteiger charge is 2.24. The number of piperidine rings is 1. The maximum Gasteiger partial charge on any atom is 0.136 e. The van der Waals surface area contributed by atoms with Gasteiger partial charge in [0.2, 0.25) is 0 Å². The third-order valence-electron chi connectivity index (χ3n) is 4.92. The topological polar surface area (TPSA) is 28.2 Å². The van der Waals surface area contributed by atoms with E-state index in [0.29, 0.717) is 6.04 Å². The van der Waals surface area contributed by atoms with E-state index in [1.54, 1.807) is 0 Å². The fourth-order valence-electron chi connectivity index (χ4n) is 3.54. The van der Waals surface area contributed by atoms with Crippen molar-refractivity contribution < 1.29 is 0 Å². The molecule has 1 aromatic heterocycles. The lowest BCUT2D eigenvalue weighted by Crippen LogP contribution is -2.35. The highest BCUT2D eigenvalue weighted by Crippen LogP contribution is 2.35. The van der Waals surface area contributed by atoms with Crippen LogP contribution in [0, 0.1) is 12.8 Å². The minimum atomic E-state index is 0.659. The van der Waals surface area contributed by atoms with E-state index in [-0.39, 0.29) is 0 Å². The van der Waals surface area contributed by atoms with Crippen LogP contribution >= 0.6 is 0 Å². The molecule has 116 valence electrons. The van der Waals surface area contributed by atoms with Crippen molar-refractivity contribution in [1.82, 2.24) is 4.98 Å². The molecule has 4 rings (SSSR count). The van der Waals surface area contributed by atoms with Gasteiger partial charge in [-0.15, -0.1) is 0 Å². The summed E-state index contributed by atoms with van der Waals surface area (Å²) in [5.74, 6) is 1.93. The van der Waals surface area contributed by atoms with Crippen LogP contribution in [0.1, 0.15) is 38.2 Å². The number of pyridine rings is 1. The van der Waals surface area contributed by atoms with Crippen LogP contribution in [-0.4, -0.2) is 24.1 Å². The zero-order chi connectivity index (χ0) is 15.1. The van der Waals surface area contributed by atoms with Crippen molar-refractivity contribution in [1.29, 1.82) is 0 Å². The fraction of sp³-hybridized carbons (Fsp3) is 0.526. The summed E-state index contributed by atoms with van der Waals surface area (Å²) in [6, 6.07) is 7.43. The molecule has 22 heavy (non-hydrogen) atoms. The van der Waals surface area contributed by atoms with E-state index >= 15 is 0 Å². The average Bonchev–Trinajstić information content (AvgIpc) is 3.32. The maximum absolute atomic E-state index is 4.84. The number of rotatable bonds is 3. The third-order valence-corrected chi connectivity index (χ3v) is 4.92. The summed E-state index contributed by atoms with van der Waals surface area (Å²) >= 11 is 0. The minimum absolute atomic E-state index is 0.659. The van der Waals surface area contributed by atoms with Gasteiger partial charge in [0.15, 0.2) is 0 Å². The molecule has 1 saturated carbocycles. The molecule has 1 saturated heterocycles. The Kier molecular flexibility index (Phi) is 3.44. The van der Waals surface area contributed by atoms with Crippen LogP contribution in [-0.2, 0) is 0 Å². The lowest BCUT2D eigenvalue weighted by molar-refractivity contribution is 0.445. The van der Waals surface area contributed by atoms with E-state index in [0.717, 1.165) is 19.0 Å². The van der Waals surface area contributed by atoms with Gasteiger partial charge >= 0.3 is 0 Å². The summed E-state index contributed by atoms with van der Waals surface area (Å²) in [6.07, 6.45) is 7.25. The molecule has 2 fully saturated rings. The van der Waals surface area contributed by atoms with Crippen LogP contribution in [0.25, 0.3) is 10.8 Å². The second-order valence-corrected chi connectivity index (χ2v) is 7.16. The molecule has 0 spiro atoms. The molecule has 0 amide bonds. The Morgan fingerprint density at radius 2 is 2.05 bits per heavy atom. The molecule has 0 bridgehead atoms. The van der Waals surface area contributed by atoms with Crippen LogP contribution in [0.15, 0.2) is 24.4 Å². The van der Waals surface area contributed by atoms with Gasteiger partial charge in [0.1, 0.15) is 5.82 Å². The van der Waals surface area contributed by atoms with Gasteiger partial charge in [0.05, 0.1) is 11.9 Å². The quantitative estimate of drug-likeness (QED) is 0.912. The van der Waals surface area contributed by atoms with Crippen molar-refractivity contribution in [2.45, 2.75) is 45.6 Å². The van der Waals surface area contributed by atoms with Gasteiger partial charge in [0, 0.05) is 29.9 Å². The van der Waals surface area contributed by atoms with Crippen molar-refractivity contribution in [3.05, 3.63) is 30.0 Å². The number of nitrogens with one attached hydrogen (secondary N) is 1. The van der Waals surface area contributed by atoms with Crippen molar-refractivity contribution in [3.8, 4) is 0 Å². The van der Waals surface area contributed by atoms with Gasteiger partial charge in [0.25, 0.3) is 0 Å². The standard InChI is InChI=1S/C19H25N3/c1-13-5-8-16-17(10-13)18(21-15-6-7-15)11-20-19(16)22-9-3-4-14(2)12-22/h5,8,10-11,14-15,21H,3-4,6-7,9,12H2,1-2H3. The Bertz CT molecular complexity index is 690. The van der Waals surface area contributed by atoms with Gasteiger partial charge in [-0.25, -0.2) is 4.98 Å². The number of nitrogens with zero attached hydrogens (tertiary/aromatic N) is 2. The van der Waals surface area contributed by atoms with E-state index in [2.05, 4.69) is 48.5 Å². The zero-order valence-electron chi connectivity index (χ0n) is 13.6. The largest absolute Gasteiger partial charge is 0.381 e. The molecule has 2 heterocycles. The number of hydrogen-bond acceptors (Lipinski definition) is 3. The minimum Gasteiger partial charge on any atom is -0.381 e. The molecular formula is C19H25N3. The van der Waals surface area contributed by atoms with Crippen LogP contribution in [0.5, 0.6) is 0 Å². The van der Waals surface area contributed by atoms with Crippen LogP contribution in [0.2, 0.25) is 0 Å². The molecular weight excluding hydrogens is 270 g/mol. The van der Waals surface area contributed by atoms with E-state index in [1.165, 1.54) is 53.5 Å². The first-order valence-electron chi connectivity index (χ1n) is 8.61. The Morgan fingerprint density at radius 1 is 1.18 bits per heavy atom. The van der Waals surface area contributed by atoms with Crippen molar-refractivity contribution in [3.63, 3.8) is 0 Å². The van der Waals surface area contributed by atoms with Gasteiger partial charge in [-0.3, -0.25) is 0 Å². The van der Waals surface area contributed by atoms with Crippen molar-refractivity contribution >= 4 is 22.3 Å². The first-order chi connectivity index (χ1) is 10.7. The summed E-state index contributed by atoms with van der Waals surface area (Å²) in [5, 5.41) is 6.27. The average molecular weight is 295 g/mol. The molecule has 2 aliphatic rings. The van der Waals surface area contributed by atoms with Crippen LogP contribution in [0.4, 0.5) is 11.5 Å². The van der Waals surface area contributed by atoms with E-state index in [1.807, 2.05) is 0 Å². The smallest absolute Gasteiger partial charge is 0.136 e. The number of aryl methyl sites for hydroxylation is 1. The van der Waals surface area contributed by atoms with Crippen molar-refractivity contribution in [2.75, 3.05) is 23.3 Å². The highest BCUT2D eigenvalue weighted by molar-refractivity contribution is 6.00. The summed E-state index contributed by atoms with van der Waals surface area (Å²) in [4.78, 5) is 7.32. The molecule has 1 N–H and O–H groups in total. The summed E-state index contributed by atoms with van der Waals surface area (Å²) in [5.41, 5.74) is 2.52. The SMILES string of the molecule is Cc1ccc2c(N3CCCC(C)C3)ncc(NC3CC3)c2c1. The number of benzene rings is 1. The number of aromatic nitrogens is 1. The van der Waals surface area contributed by atoms with Gasteiger partial charge < -0.3 is 10.2 Å². The van der Waals surface area contributed by atoms with Crippen LogP contribution < -0.4 is 10.2 Å². The molecule has 3 heteroatoms.